The molecule has 1 N–H and O–H groups in total. The maximum atomic E-state index is 12.2. The molecule has 3 rings (SSSR count). The number of carbonyl (C=O) groups excluding carboxylic acids is 1. The summed E-state index contributed by atoms with van der Waals surface area (Å²) in [5, 5.41) is 3.43. The third kappa shape index (κ3) is 2.80. The summed E-state index contributed by atoms with van der Waals surface area (Å²) in [5.74, 6) is 0.257. The number of amides is 1. The fraction of sp³-hybridized carbons (Fsp3) is 0.267. The van der Waals surface area contributed by atoms with Crippen LogP contribution < -0.4 is 5.32 Å². The van der Waals surface area contributed by atoms with Crippen molar-refractivity contribution in [2.24, 2.45) is 0 Å². The molecule has 1 aliphatic rings. The number of nitrogens with zero attached hydrogens (tertiary/aromatic N) is 2. The van der Waals surface area contributed by atoms with Gasteiger partial charge in [-0.3, -0.25) is 4.79 Å². The van der Waals surface area contributed by atoms with Crippen molar-refractivity contribution >= 4 is 23.2 Å². The molecule has 20 heavy (non-hydrogen) atoms. The van der Waals surface area contributed by atoms with Crippen LogP contribution in [0.4, 0.5) is 5.69 Å². The zero-order valence-electron chi connectivity index (χ0n) is 11.1. The number of anilines is 1. The van der Waals surface area contributed by atoms with Crippen molar-refractivity contribution < 1.29 is 4.79 Å². The average molecular weight is 288 g/mol. The molecule has 5 heteroatoms. The molecule has 1 amide bonds. The van der Waals surface area contributed by atoms with Crippen LogP contribution >= 0.6 is 11.6 Å². The Balaban J connectivity index is 1.78. The van der Waals surface area contributed by atoms with Gasteiger partial charge in [0.05, 0.1) is 0 Å². The number of hydrogen-bond acceptors (Lipinski definition) is 3. The molecule has 1 fully saturated rings. The number of carbonyl (C=O) groups is 1. The molecule has 0 atom stereocenters. The predicted molar refractivity (Wildman–Crippen MR) is 78.1 cm³/mol. The van der Waals surface area contributed by atoms with Gasteiger partial charge in [0.2, 0.25) is 0 Å². The standard InChI is InChI=1S/C15H14ClN3O/c1-9-2-5-11(6-12(9)16)19-15(20)14-7-13(10-3-4-10)17-8-18-14/h2,5-8,10H,3-4H2,1H3,(H,19,20). The number of aryl methyl sites for hydroxylation is 1. The molecular formula is C15H14ClN3O. The van der Waals surface area contributed by atoms with E-state index >= 15 is 0 Å². The van der Waals surface area contributed by atoms with Crippen LogP contribution in [0.25, 0.3) is 0 Å². The summed E-state index contributed by atoms with van der Waals surface area (Å²) >= 11 is 6.04. The van der Waals surface area contributed by atoms with Crippen molar-refractivity contribution in [3.8, 4) is 0 Å². The van der Waals surface area contributed by atoms with Crippen molar-refractivity contribution in [2.75, 3.05) is 5.32 Å². The van der Waals surface area contributed by atoms with Crippen LogP contribution in [0.5, 0.6) is 0 Å². The van der Waals surface area contributed by atoms with E-state index in [0.717, 1.165) is 24.1 Å². The monoisotopic (exact) mass is 287 g/mol. The first-order chi connectivity index (χ1) is 9.63. The number of halogens is 1. The first-order valence-electron chi connectivity index (χ1n) is 6.53. The minimum absolute atomic E-state index is 0.241. The number of benzene rings is 1. The molecule has 0 spiro atoms. The second kappa shape index (κ2) is 5.21. The minimum atomic E-state index is -0.241. The minimum Gasteiger partial charge on any atom is -0.321 e. The van der Waals surface area contributed by atoms with Crippen LogP contribution in [0.1, 0.15) is 40.5 Å². The van der Waals surface area contributed by atoms with Crippen LogP contribution in [0, 0.1) is 6.92 Å². The number of rotatable bonds is 3. The summed E-state index contributed by atoms with van der Waals surface area (Å²) in [6, 6.07) is 7.19. The molecule has 1 saturated carbocycles. The van der Waals surface area contributed by atoms with E-state index in [1.165, 1.54) is 6.33 Å². The lowest BCUT2D eigenvalue weighted by molar-refractivity contribution is 0.102. The fourth-order valence-electron chi connectivity index (χ4n) is 1.96. The molecule has 1 aromatic heterocycles. The Morgan fingerprint density at radius 1 is 1.30 bits per heavy atom. The summed E-state index contributed by atoms with van der Waals surface area (Å²) in [7, 11) is 0. The molecule has 0 aliphatic heterocycles. The van der Waals surface area contributed by atoms with Gasteiger partial charge in [-0.25, -0.2) is 9.97 Å². The highest BCUT2D eigenvalue weighted by Crippen LogP contribution is 2.38. The van der Waals surface area contributed by atoms with Gasteiger partial charge in [0, 0.05) is 22.3 Å². The van der Waals surface area contributed by atoms with Gasteiger partial charge in [0.25, 0.3) is 5.91 Å². The highest BCUT2D eigenvalue weighted by atomic mass is 35.5. The Labute approximate surface area is 122 Å². The molecule has 0 bridgehead atoms. The van der Waals surface area contributed by atoms with Gasteiger partial charge in [-0.05, 0) is 43.5 Å². The van der Waals surface area contributed by atoms with Crippen molar-refractivity contribution in [3.63, 3.8) is 0 Å². The lowest BCUT2D eigenvalue weighted by Gasteiger charge is -2.07. The zero-order chi connectivity index (χ0) is 14.1. The fourth-order valence-corrected chi connectivity index (χ4v) is 2.15. The van der Waals surface area contributed by atoms with E-state index in [2.05, 4.69) is 15.3 Å². The van der Waals surface area contributed by atoms with E-state index in [1.807, 2.05) is 19.1 Å². The van der Waals surface area contributed by atoms with Crippen LogP contribution in [-0.4, -0.2) is 15.9 Å². The molecule has 0 radical (unpaired) electrons. The maximum absolute atomic E-state index is 12.2. The normalized spacial score (nSPS) is 14.1. The van der Waals surface area contributed by atoms with Gasteiger partial charge >= 0.3 is 0 Å². The molecule has 0 saturated heterocycles. The Morgan fingerprint density at radius 3 is 2.80 bits per heavy atom. The van der Waals surface area contributed by atoms with E-state index in [-0.39, 0.29) is 5.91 Å². The van der Waals surface area contributed by atoms with Crippen molar-refractivity contribution in [3.05, 3.63) is 52.6 Å². The summed E-state index contributed by atoms with van der Waals surface area (Å²) in [6.45, 7) is 1.92. The highest BCUT2D eigenvalue weighted by Gasteiger charge is 2.25. The quantitative estimate of drug-likeness (QED) is 0.939. The molecule has 4 nitrogen and oxygen atoms in total. The third-order valence-corrected chi connectivity index (χ3v) is 3.75. The lowest BCUT2D eigenvalue weighted by atomic mass is 10.2. The maximum Gasteiger partial charge on any atom is 0.274 e. The molecule has 1 aromatic carbocycles. The smallest absolute Gasteiger partial charge is 0.274 e. The van der Waals surface area contributed by atoms with Crippen LogP contribution in [0.15, 0.2) is 30.6 Å². The van der Waals surface area contributed by atoms with Crippen LogP contribution in [0.3, 0.4) is 0 Å². The van der Waals surface area contributed by atoms with Crippen LogP contribution in [0.2, 0.25) is 5.02 Å². The van der Waals surface area contributed by atoms with Gasteiger partial charge in [-0.2, -0.15) is 0 Å². The van der Waals surface area contributed by atoms with Gasteiger partial charge < -0.3 is 5.32 Å². The van der Waals surface area contributed by atoms with E-state index in [4.69, 9.17) is 11.6 Å². The summed E-state index contributed by atoms with van der Waals surface area (Å²) in [5.41, 5.74) is 2.98. The molecule has 0 unspecified atom stereocenters. The molecular weight excluding hydrogens is 274 g/mol. The molecule has 102 valence electrons. The number of hydrogen-bond donors (Lipinski definition) is 1. The second-order valence-electron chi connectivity index (χ2n) is 5.02. The Bertz CT molecular complexity index is 668. The number of aromatic nitrogens is 2. The SMILES string of the molecule is Cc1ccc(NC(=O)c2cc(C3CC3)ncn2)cc1Cl. The molecule has 1 aliphatic carbocycles. The second-order valence-corrected chi connectivity index (χ2v) is 5.43. The Morgan fingerprint density at radius 2 is 2.10 bits per heavy atom. The van der Waals surface area contributed by atoms with E-state index in [9.17, 15) is 4.79 Å². The van der Waals surface area contributed by atoms with Crippen molar-refractivity contribution in [1.82, 2.24) is 9.97 Å². The van der Waals surface area contributed by atoms with Gasteiger partial charge in [0.15, 0.2) is 0 Å². The van der Waals surface area contributed by atoms with Crippen molar-refractivity contribution in [1.29, 1.82) is 0 Å². The molecule has 1 heterocycles. The van der Waals surface area contributed by atoms with Gasteiger partial charge in [0.1, 0.15) is 12.0 Å². The number of nitrogens with one attached hydrogen (secondary N) is 1. The Kier molecular flexibility index (Phi) is 3.40. The third-order valence-electron chi connectivity index (χ3n) is 3.35. The topological polar surface area (TPSA) is 54.9 Å². The van der Waals surface area contributed by atoms with Gasteiger partial charge in [-0.1, -0.05) is 17.7 Å². The summed E-state index contributed by atoms with van der Waals surface area (Å²) in [4.78, 5) is 20.4. The summed E-state index contributed by atoms with van der Waals surface area (Å²) in [6.07, 6.45) is 3.74. The van der Waals surface area contributed by atoms with E-state index < -0.39 is 0 Å². The van der Waals surface area contributed by atoms with E-state index in [1.54, 1.807) is 12.1 Å². The first-order valence-corrected chi connectivity index (χ1v) is 6.91. The summed E-state index contributed by atoms with van der Waals surface area (Å²) < 4.78 is 0. The largest absolute Gasteiger partial charge is 0.321 e. The Hall–Kier alpha value is -1.94. The van der Waals surface area contributed by atoms with Crippen LogP contribution in [-0.2, 0) is 0 Å². The van der Waals surface area contributed by atoms with Crippen molar-refractivity contribution in [2.45, 2.75) is 25.7 Å². The average Bonchev–Trinajstić information content (AvgIpc) is 3.28. The first kappa shape index (κ1) is 13.1. The predicted octanol–water partition coefficient (Wildman–Crippen LogP) is 3.57. The zero-order valence-corrected chi connectivity index (χ0v) is 11.8. The van der Waals surface area contributed by atoms with E-state index in [0.29, 0.717) is 22.3 Å². The van der Waals surface area contributed by atoms with Gasteiger partial charge in [-0.15, -0.1) is 0 Å². The highest BCUT2D eigenvalue weighted by molar-refractivity contribution is 6.31. The lowest BCUT2D eigenvalue weighted by Crippen LogP contribution is -2.14. The molecule has 2 aromatic rings.